The molecular formula is C20H30O4. The van der Waals surface area contributed by atoms with E-state index in [0.29, 0.717) is 12.8 Å². The van der Waals surface area contributed by atoms with Crippen LogP contribution in [-0.4, -0.2) is 36.0 Å². The first-order chi connectivity index (χ1) is 10.9. The van der Waals surface area contributed by atoms with Crippen LogP contribution < -0.4 is 0 Å². The second-order valence-corrected chi connectivity index (χ2v) is 8.05. The SMILES string of the molecule is CC(C)(C)OCC(=O)Cc1cccc(CC(=O)COC(C)(C)C)c1. The Balaban J connectivity index is 2.54. The number of hydrogen-bond donors (Lipinski definition) is 0. The van der Waals surface area contributed by atoms with Crippen LogP contribution in [0, 0.1) is 0 Å². The molecule has 0 fully saturated rings. The molecule has 1 aromatic carbocycles. The molecule has 0 saturated heterocycles. The molecule has 1 aromatic rings. The largest absolute Gasteiger partial charge is 0.368 e. The number of carbonyl (C=O) groups excluding carboxylic acids is 2. The molecule has 0 heterocycles. The fourth-order valence-corrected chi connectivity index (χ4v) is 2.00. The number of carbonyl (C=O) groups is 2. The topological polar surface area (TPSA) is 52.6 Å². The maximum absolute atomic E-state index is 12.0. The van der Waals surface area contributed by atoms with Gasteiger partial charge in [0, 0.05) is 12.8 Å². The minimum absolute atomic E-state index is 0.0319. The Hall–Kier alpha value is -1.52. The van der Waals surface area contributed by atoms with Crippen LogP contribution >= 0.6 is 0 Å². The van der Waals surface area contributed by atoms with Gasteiger partial charge in [0.05, 0.1) is 11.2 Å². The van der Waals surface area contributed by atoms with E-state index >= 15 is 0 Å². The molecule has 0 amide bonds. The summed E-state index contributed by atoms with van der Waals surface area (Å²) in [6.07, 6.45) is 0.632. The van der Waals surface area contributed by atoms with Gasteiger partial charge < -0.3 is 9.47 Å². The van der Waals surface area contributed by atoms with E-state index in [2.05, 4.69) is 0 Å². The molecule has 0 aromatic heterocycles. The standard InChI is InChI=1S/C20H30O4/c1-19(2,3)23-13-17(21)11-15-8-7-9-16(10-15)12-18(22)14-24-20(4,5)6/h7-10H,11-14H2,1-6H3. The number of hydrogen-bond acceptors (Lipinski definition) is 4. The van der Waals surface area contributed by atoms with Gasteiger partial charge in [-0.1, -0.05) is 24.3 Å². The van der Waals surface area contributed by atoms with Crippen molar-refractivity contribution in [3.63, 3.8) is 0 Å². The lowest BCUT2D eigenvalue weighted by atomic mass is 10.0. The summed E-state index contributed by atoms with van der Waals surface area (Å²) in [4.78, 5) is 24.0. The Labute approximate surface area is 145 Å². The van der Waals surface area contributed by atoms with Crippen molar-refractivity contribution in [2.45, 2.75) is 65.6 Å². The fourth-order valence-electron chi connectivity index (χ4n) is 2.00. The van der Waals surface area contributed by atoms with Crippen LogP contribution in [0.3, 0.4) is 0 Å². The average molecular weight is 334 g/mol. The third-order valence-electron chi connectivity index (χ3n) is 3.13. The lowest BCUT2D eigenvalue weighted by Crippen LogP contribution is -2.24. The molecule has 0 radical (unpaired) electrons. The van der Waals surface area contributed by atoms with Crippen molar-refractivity contribution >= 4 is 11.6 Å². The lowest BCUT2D eigenvalue weighted by Gasteiger charge is -2.19. The monoisotopic (exact) mass is 334 g/mol. The fraction of sp³-hybridized carbons (Fsp3) is 0.600. The molecule has 24 heavy (non-hydrogen) atoms. The predicted molar refractivity (Wildman–Crippen MR) is 95.3 cm³/mol. The van der Waals surface area contributed by atoms with E-state index in [1.165, 1.54) is 0 Å². The first-order valence-corrected chi connectivity index (χ1v) is 8.34. The normalized spacial score (nSPS) is 12.2. The van der Waals surface area contributed by atoms with Gasteiger partial charge in [-0.05, 0) is 52.7 Å². The van der Waals surface area contributed by atoms with Crippen LogP contribution in [0.15, 0.2) is 24.3 Å². The highest BCUT2D eigenvalue weighted by Gasteiger charge is 2.15. The third-order valence-corrected chi connectivity index (χ3v) is 3.13. The van der Waals surface area contributed by atoms with Gasteiger partial charge in [0.25, 0.3) is 0 Å². The number of rotatable bonds is 8. The summed E-state index contributed by atoms with van der Waals surface area (Å²) in [6.45, 7) is 11.7. The zero-order chi connectivity index (χ0) is 18.4. The van der Waals surface area contributed by atoms with Crippen molar-refractivity contribution in [3.05, 3.63) is 35.4 Å². The molecule has 0 saturated carbocycles. The smallest absolute Gasteiger partial charge is 0.162 e. The summed E-state index contributed by atoms with van der Waals surface area (Å²) < 4.78 is 11.0. The van der Waals surface area contributed by atoms with Crippen molar-refractivity contribution in [2.75, 3.05) is 13.2 Å². The van der Waals surface area contributed by atoms with Crippen LogP contribution in [0.4, 0.5) is 0 Å². The van der Waals surface area contributed by atoms with Crippen molar-refractivity contribution in [1.29, 1.82) is 0 Å². The number of ether oxygens (including phenoxy) is 2. The average Bonchev–Trinajstić information content (AvgIpc) is 2.42. The van der Waals surface area contributed by atoms with Gasteiger partial charge in [-0.15, -0.1) is 0 Å². The minimum atomic E-state index is -0.322. The third kappa shape index (κ3) is 9.58. The van der Waals surface area contributed by atoms with E-state index in [1.807, 2.05) is 65.8 Å². The molecule has 134 valence electrons. The zero-order valence-corrected chi connectivity index (χ0v) is 15.8. The van der Waals surface area contributed by atoms with E-state index < -0.39 is 0 Å². The Bertz CT molecular complexity index is 514. The van der Waals surface area contributed by atoms with E-state index in [4.69, 9.17) is 9.47 Å². The Morgan fingerprint density at radius 2 is 1.17 bits per heavy atom. The molecule has 0 aliphatic carbocycles. The van der Waals surface area contributed by atoms with Crippen LogP contribution in [0.1, 0.15) is 52.7 Å². The van der Waals surface area contributed by atoms with Crippen LogP contribution in [-0.2, 0) is 31.9 Å². The van der Waals surface area contributed by atoms with E-state index in [-0.39, 0.29) is 36.0 Å². The zero-order valence-electron chi connectivity index (χ0n) is 15.8. The maximum Gasteiger partial charge on any atom is 0.162 e. The summed E-state index contributed by atoms with van der Waals surface area (Å²) in [5, 5.41) is 0. The summed E-state index contributed by atoms with van der Waals surface area (Å²) in [5.41, 5.74) is 1.16. The molecule has 0 unspecified atom stereocenters. The van der Waals surface area contributed by atoms with Crippen LogP contribution in [0.5, 0.6) is 0 Å². The molecule has 0 spiro atoms. The molecule has 0 bridgehead atoms. The van der Waals surface area contributed by atoms with Gasteiger partial charge in [-0.3, -0.25) is 9.59 Å². The predicted octanol–water partition coefficient (Wildman–Crippen LogP) is 3.54. The summed E-state index contributed by atoms with van der Waals surface area (Å²) in [5.74, 6) is 0.0638. The molecular weight excluding hydrogens is 304 g/mol. The van der Waals surface area contributed by atoms with Crippen molar-refractivity contribution in [1.82, 2.24) is 0 Å². The number of Topliss-reactive ketones (excluding diaryl/α,β-unsaturated/α-hetero) is 2. The highest BCUT2D eigenvalue weighted by Crippen LogP contribution is 2.11. The second-order valence-electron chi connectivity index (χ2n) is 8.05. The molecule has 0 aliphatic rings. The molecule has 4 heteroatoms. The second kappa shape index (κ2) is 8.54. The van der Waals surface area contributed by atoms with Gasteiger partial charge in [-0.2, -0.15) is 0 Å². The Morgan fingerprint density at radius 3 is 1.50 bits per heavy atom. The van der Waals surface area contributed by atoms with Gasteiger partial charge in [-0.25, -0.2) is 0 Å². The van der Waals surface area contributed by atoms with Crippen LogP contribution in [0.2, 0.25) is 0 Å². The van der Waals surface area contributed by atoms with Gasteiger partial charge in [0.2, 0.25) is 0 Å². The number of benzene rings is 1. The summed E-state index contributed by atoms with van der Waals surface area (Å²) in [7, 11) is 0. The molecule has 0 aliphatic heterocycles. The lowest BCUT2D eigenvalue weighted by molar-refractivity contribution is -0.128. The molecule has 0 N–H and O–H groups in total. The van der Waals surface area contributed by atoms with Crippen LogP contribution in [0.25, 0.3) is 0 Å². The quantitative estimate of drug-likeness (QED) is 0.730. The Kier molecular flexibility index (Phi) is 7.30. The van der Waals surface area contributed by atoms with Gasteiger partial charge in [0.15, 0.2) is 11.6 Å². The van der Waals surface area contributed by atoms with Gasteiger partial charge in [0.1, 0.15) is 13.2 Å². The highest BCUT2D eigenvalue weighted by molar-refractivity contribution is 5.83. The van der Waals surface area contributed by atoms with E-state index in [0.717, 1.165) is 11.1 Å². The van der Waals surface area contributed by atoms with Gasteiger partial charge >= 0.3 is 0 Å². The molecule has 4 nitrogen and oxygen atoms in total. The summed E-state index contributed by atoms with van der Waals surface area (Å²) >= 11 is 0. The van der Waals surface area contributed by atoms with Crippen molar-refractivity contribution in [2.24, 2.45) is 0 Å². The Morgan fingerprint density at radius 1 is 0.792 bits per heavy atom. The minimum Gasteiger partial charge on any atom is -0.368 e. The highest BCUT2D eigenvalue weighted by atomic mass is 16.5. The first-order valence-electron chi connectivity index (χ1n) is 8.34. The van der Waals surface area contributed by atoms with E-state index in [9.17, 15) is 9.59 Å². The van der Waals surface area contributed by atoms with Crippen molar-refractivity contribution in [3.8, 4) is 0 Å². The van der Waals surface area contributed by atoms with E-state index in [1.54, 1.807) is 0 Å². The molecule has 0 atom stereocenters. The van der Waals surface area contributed by atoms with Crippen molar-refractivity contribution < 1.29 is 19.1 Å². The summed E-state index contributed by atoms with van der Waals surface area (Å²) in [6, 6.07) is 7.58. The maximum atomic E-state index is 12.0. The first kappa shape index (κ1) is 20.5. The molecule has 1 rings (SSSR count). The number of ketones is 2.